The van der Waals surface area contributed by atoms with Gasteiger partial charge in [-0.3, -0.25) is 0 Å². The standard InChI is InChI=1S/C13H14N4S2/c1-13(2,12-15-5-6-18-12)17-8-3-4-9-11(10(8)14)16-7-19-9/h3-7,17H,14H2,1-2H3. The number of rotatable bonds is 3. The van der Waals surface area contributed by atoms with Crippen molar-refractivity contribution in [2.45, 2.75) is 19.4 Å². The van der Waals surface area contributed by atoms with E-state index in [0.717, 1.165) is 20.9 Å². The number of nitrogen functional groups attached to an aromatic ring is 1. The van der Waals surface area contributed by atoms with Crippen molar-refractivity contribution in [2.24, 2.45) is 0 Å². The Balaban J connectivity index is 1.99. The summed E-state index contributed by atoms with van der Waals surface area (Å²) in [5, 5.41) is 6.47. The molecule has 4 nitrogen and oxygen atoms in total. The van der Waals surface area contributed by atoms with Crippen LogP contribution in [0.2, 0.25) is 0 Å². The van der Waals surface area contributed by atoms with E-state index in [1.807, 2.05) is 29.2 Å². The molecule has 2 heterocycles. The zero-order valence-electron chi connectivity index (χ0n) is 10.7. The Hall–Kier alpha value is -1.66. The predicted octanol–water partition coefficient (Wildman–Crippen LogP) is 3.68. The van der Waals surface area contributed by atoms with E-state index in [2.05, 4.69) is 29.1 Å². The van der Waals surface area contributed by atoms with Gasteiger partial charge in [-0.1, -0.05) is 0 Å². The van der Waals surface area contributed by atoms with E-state index in [-0.39, 0.29) is 5.54 Å². The maximum atomic E-state index is 6.19. The lowest BCUT2D eigenvalue weighted by molar-refractivity contribution is 0.605. The van der Waals surface area contributed by atoms with Crippen LogP contribution < -0.4 is 11.1 Å². The van der Waals surface area contributed by atoms with E-state index in [1.54, 1.807) is 22.7 Å². The summed E-state index contributed by atoms with van der Waals surface area (Å²) in [7, 11) is 0. The van der Waals surface area contributed by atoms with Gasteiger partial charge in [-0.15, -0.1) is 22.7 Å². The van der Waals surface area contributed by atoms with E-state index < -0.39 is 0 Å². The second-order valence-corrected chi connectivity index (χ2v) is 6.59. The van der Waals surface area contributed by atoms with Gasteiger partial charge in [0.25, 0.3) is 0 Å². The SMILES string of the molecule is CC(C)(Nc1ccc2scnc2c1N)c1nccs1. The molecule has 0 atom stereocenters. The Bertz CT molecular complexity index is 701. The van der Waals surface area contributed by atoms with Crippen LogP contribution >= 0.6 is 22.7 Å². The van der Waals surface area contributed by atoms with Gasteiger partial charge >= 0.3 is 0 Å². The van der Waals surface area contributed by atoms with E-state index in [9.17, 15) is 0 Å². The minimum atomic E-state index is -0.258. The number of fused-ring (bicyclic) bond motifs is 1. The number of nitrogens with two attached hydrogens (primary N) is 1. The van der Waals surface area contributed by atoms with Crippen LogP contribution in [0.5, 0.6) is 0 Å². The molecule has 0 saturated heterocycles. The molecule has 0 aliphatic rings. The summed E-state index contributed by atoms with van der Waals surface area (Å²) in [6.07, 6.45) is 1.82. The molecule has 98 valence electrons. The van der Waals surface area contributed by atoms with E-state index in [0.29, 0.717) is 5.69 Å². The molecule has 0 aliphatic heterocycles. The first-order valence-electron chi connectivity index (χ1n) is 5.88. The fourth-order valence-electron chi connectivity index (χ4n) is 1.98. The van der Waals surface area contributed by atoms with Gasteiger partial charge in [-0.25, -0.2) is 9.97 Å². The second kappa shape index (κ2) is 4.47. The van der Waals surface area contributed by atoms with Crippen LogP contribution in [0.15, 0.2) is 29.2 Å². The summed E-state index contributed by atoms with van der Waals surface area (Å²) in [6, 6.07) is 4.05. The van der Waals surface area contributed by atoms with Crippen LogP contribution in [0.4, 0.5) is 11.4 Å². The van der Waals surface area contributed by atoms with Gasteiger partial charge in [-0.05, 0) is 26.0 Å². The van der Waals surface area contributed by atoms with E-state index in [4.69, 9.17) is 5.73 Å². The van der Waals surface area contributed by atoms with Gasteiger partial charge in [0, 0.05) is 11.6 Å². The molecular formula is C13H14N4S2. The van der Waals surface area contributed by atoms with Crippen molar-refractivity contribution in [3.8, 4) is 0 Å². The summed E-state index contributed by atoms with van der Waals surface area (Å²) >= 11 is 3.23. The fraction of sp³-hybridized carbons (Fsp3) is 0.231. The number of thiazole rings is 2. The highest BCUT2D eigenvalue weighted by molar-refractivity contribution is 7.16. The van der Waals surface area contributed by atoms with Crippen LogP contribution in [0.25, 0.3) is 10.2 Å². The highest BCUT2D eigenvalue weighted by Crippen LogP contribution is 2.34. The lowest BCUT2D eigenvalue weighted by Gasteiger charge is -2.26. The number of hydrogen-bond acceptors (Lipinski definition) is 6. The Morgan fingerprint density at radius 1 is 1.21 bits per heavy atom. The Kier molecular flexibility index (Phi) is 2.91. The number of aromatic nitrogens is 2. The molecule has 0 radical (unpaired) electrons. The first-order chi connectivity index (χ1) is 9.08. The molecule has 0 saturated carbocycles. The van der Waals surface area contributed by atoms with Crippen LogP contribution in [0.3, 0.4) is 0 Å². The van der Waals surface area contributed by atoms with Gasteiger partial charge < -0.3 is 11.1 Å². The van der Waals surface area contributed by atoms with Crippen molar-refractivity contribution in [2.75, 3.05) is 11.1 Å². The number of benzene rings is 1. The average Bonchev–Trinajstić information content (AvgIpc) is 3.02. The van der Waals surface area contributed by atoms with Crippen LogP contribution in [0, 0.1) is 0 Å². The lowest BCUT2D eigenvalue weighted by Crippen LogP contribution is -2.28. The summed E-state index contributed by atoms with van der Waals surface area (Å²) in [5.74, 6) is 0. The minimum Gasteiger partial charge on any atom is -0.395 e. The minimum absolute atomic E-state index is 0.258. The van der Waals surface area contributed by atoms with Gasteiger partial charge in [0.1, 0.15) is 10.5 Å². The van der Waals surface area contributed by atoms with Crippen LogP contribution in [0.1, 0.15) is 18.9 Å². The molecule has 3 rings (SSSR count). The molecule has 0 spiro atoms. The summed E-state index contributed by atoms with van der Waals surface area (Å²) in [6.45, 7) is 4.19. The third-order valence-corrected chi connectivity index (χ3v) is 4.85. The van der Waals surface area contributed by atoms with Crippen LogP contribution in [-0.2, 0) is 5.54 Å². The molecule has 19 heavy (non-hydrogen) atoms. The van der Waals surface area contributed by atoms with Gasteiger partial charge in [0.15, 0.2) is 0 Å². The molecule has 0 unspecified atom stereocenters. The molecule has 0 amide bonds. The first-order valence-corrected chi connectivity index (χ1v) is 7.64. The van der Waals surface area contributed by atoms with Gasteiger partial charge in [-0.2, -0.15) is 0 Å². The molecular weight excluding hydrogens is 276 g/mol. The third kappa shape index (κ3) is 2.17. The normalized spacial score (nSPS) is 11.9. The summed E-state index contributed by atoms with van der Waals surface area (Å²) in [5.41, 5.74) is 10.2. The number of nitrogens with zero attached hydrogens (tertiary/aromatic N) is 2. The molecule has 2 aromatic heterocycles. The van der Waals surface area contributed by atoms with Crippen molar-refractivity contribution in [3.63, 3.8) is 0 Å². The van der Waals surface area contributed by atoms with Crippen LogP contribution in [-0.4, -0.2) is 9.97 Å². The summed E-state index contributed by atoms with van der Waals surface area (Å²) < 4.78 is 1.11. The summed E-state index contributed by atoms with van der Waals surface area (Å²) in [4.78, 5) is 8.68. The average molecular weight is 290 g/mol. The maximum Gasteiger partial charge on any atom is 0.117 e. The zero-order valence-corrected chi connectivity index (χ0v) is 12.3. The Morgan fingerprint density at radius 2 is 2.05 bits per heavy atom. The largest absolute Gasteiger partial charge is 0.395 e. The smallest absolute Gasteiger partial charge is 0.117 e. The molecule has 6 heteroatoms. The fourth-order valence-corrected chi connectivity index (χ4v) is 3.39. The quantitative estimate of drug-likeness (QED) is 0.722. The van der Waals surface area contributed by atoms with Gasteiger partial charge in [0.05, 0.1) is 27.1 Å². The molecule has 0 fully saturated rings. The topological polar surface area (TPSA) is 63.8 Å². The molecule has 0 aliphatic carbocycles. The molecule has 3 aromatic rings. The number of hydrogen-bond donors (Lipinski definition) is 2. The third-order valence-electron chi connectivity index (χ3n) is 2.96. The second-order valence-electron chi connectivity index (χ2n) is 4.81. The molecule has 1 aromatic carbocycles. The first kappa shape index (κ1) is 12.4. The molecule has 3 N–H and O–H groups in total. The van der Waals surface area contributed by atoms with Crippen molar-refractivity contribution in [1.82, 2.24) is 9.97 Å². The Labute approximate surface area is 119 Å². The highest BCUT2D eigenvalue weighted by Gasteiger charge is 2.24. The lowest BCUT2D eigenvalue weighted by atomic mass is 10.1. The number of anilines is 2. The van der Waals surface area contributed by atoms with Gasteiger partial charge in [0.2, 0.25) is 0 Å². The number of nitrogens with one attached hydrogen (secondary N) is 1. The predicted molar refractivity (Wildman–Crippen MR) is 82.8 cm³/mol. The highest BCUT2D eigenvalue weighted by atomic mass is 32.1. The van der Waals surface area contributed by atoms with Crippen molar-refractivity contribution in [3.05, 3.63) is 34.2 Å². The van der Waals surface area contributed by atoms with E-state index >= 15 is 0 Å². The van der Waals surface area contributed by atoms with Crippen molar-refractivity contribution in [1.29, 1.82) is 0 Å². The van der Waals surface area contributed by atoms with E-state index in [1.165, 1.54) is 0 Å². The Morgan fingerprint density at radius 3 is 2.79 bits per heavy atom. The van der Waals surface area contributed by atoms with Crippen molar-refractivity contribution < 1.29 is 0 Å². The maximum absolute atomic E-state index is 6.19. The monoisotopic (exact) mass is 290 g/mol. The zero-order chi connectivity index (χ0) is 13.5. The van der Waals surface area contributed by atoms with Crippen molar-refractivity contribution >= 4 is 44.3 Å². The molecule has 0 bridgehead atoms.